The van der Waals surface area contributed by atoms with Gasteiger partial charge in [-0.05, 0) is 23.6 Å². The fourth-order valence-electron chi connectivity index (χ4n) is 1.55. The molecular formula is C12H13NO2S. The van der Waals surface area contributed by atoms with E-state index in [2.05, 4.69) is 23.4 Å². The molecule has 0 saturated heterocycles. The SMILES string of the molecule is CCc1ccc(S)c(C#N)c1CC(=O)OC. The van der Waals surface area contributed by atoms with Crippen molar-refractivity contribution in [2.24, 2.45) is 0 Å². The molecule has 0 atom stereocenters. The average Bonchev–Trinajstić information content (AvgIpc) is 2.29. The Morgan fingerprint density at radius 1 is 1.56 bits per heavy atom. The van der Waals surface area contributed by atoms with E-state index in [9.17, 15) is 4.79 Å². The summed E-state index contributed by atoms with van der Waals surface area (Å²) in [5.41, 5.74) is 2.18. The molecule has 0 amide bonds. The lowest BCUT2D eigenvalue weighted by molar-refractivity contribution is -0.139. The molecule has 1 aromatic carbocycles. The first-order chi connectivity index (χ1) is 7.63. The lowest BCUT2D eigenvalue weighted by Gasteiger charge is -2.10. The predicted octanol–water partition coefficient (Wildman–Crippen LogP) is 2.12. The highest BCUT2D eigenvalue weighted by molar-refractivity contribution is 7.80. The van der Waals surface area contributed by atoms with Gasteiger partial charge in [-0.2, -0.15) is 5.26 Å². The van der Waals surface area contributed by atoms with Gasteiger partial charge in [-0.15, -0.1) is 12.6 Å². The van der Waals surface area contributed by atoms with Crippen LogP contribution in [0.1, 0.15) is 23.6 Å². The number of nitriles is 1. The summed E-state index contributed by atoms with van der Waals surface area (Å²) in [5, 5.41) is 9.05. The van der Waals surface area contributed by atoms with E-state index in [1.165, 1.54) is 7.11 Å². The molecule has 0 aromatic heterocycles. The van der Waals surface area contributed by atoms with E-state index in [1.807, 2.05) is 13.0 Å². The highest BCUT2D eigenvalue weighted by Gasteiger charge is 2.14. The van der Waals surface area contributed by atoms with Crippen LogP contribution in [0, 0.1) is 11.3 Å². The number of esters is 1. The Balaban J connectivity index is 3.26. The maximum Gasteiger partial charge on any atom is 0.310 e. The van der Waals surface area contributed by atoms with Crippen LogP contribution in [0.3, 0.4) is 0 Å². The second kappa shape index (κ2) is 5.57. The molecule has 3 nitrogen and oxygen atoms in total. The summed E-state index contributed by atoms with van der Waals surface area (Å²) in [7, 11) is 1.34. The van der Waals surface area contributed by atoms with Crippen molar-refractivity contribution in [1.82, 2.24) is 0 Å². The maximum absolute atomic E-state index is 11.3. The maximum atomic E-state index is 11.3. The zero-order valence-electron chi connectivity index (χ0n) is 9.28. The molecule has 16 heavy (non-hydrogen) atoms. The first kappa shape index (κ1) is 12.6. The second-order valence-electron chi connectivity index (χ2n) is 3.32. The molecule has 0 bridgehead atoms. The normalized spacial score (nSPS) is 9.62. The minimum absolute atomic E-state index is 0.122. The van der Waals surface area contributed by atoms with Crippen LogP contribution in [0.15, 0.2) is 17.0 Å². The Hall–Kier alpha value is -1.47. The molecule has 0 aliphatic heterocycles. The van der Waals surface area contributed by atoms with Gasteiger partial charge in [-0.3, -0.25) is 4.79 Å². The molecule has 0 fully saturated rings. The number of aryl methyl sites for hydroxylation is 1. The number of carbonyl (C=O) groups is 1. The summed E-state index contributed by atoms with van der Waals surface area (Å²) in [5.74, 6) is -0.342. The van der Waals surface area contributed by atoms with Gasteiger partial charge in [0.25, 0.3) is 0 Å². The number of methoxy groups -OCH3 is 1. The molecule has 84 valence electrons. The quantitative estimate of drug-likeness (QED) is 0.645. The summed E-state index contributed by atoms with van der Waals surface area (Å²) in [6.45, 7) is 1.98. The molecular weight excluding hydrogens is 222 g/mol. The summed E-state index contributed by atoms with van der Waals surface area (Å²) in [6.07, 6.45) is 0.895. The van der Waals surface area contributed by atoms with E-state index < -0.39 is 0 Å². The number of benzene rings is 1. The van der Waals surface area contributed by atoms with E-state index in [4.69, 9.17) is 5.26 Å². The number of hydrogen-bond donors (Lipinski definition) is 1. The van der Waals surface area contributed by atoms with Gasteiger partial charge in [0.1, 0.15) is 6.07 Å². The van der Waals surface area contributed by atoms with E-state index in [-0.39, 0.29) is 12.4 Å². The Morgan fingerprint density at radius 2 is 2.25 bits per heavy atom. The van der Waals surface area contributed by atoms with Crippen LogP contribution in [0.25, 0.3) is 0 Å². The third-order valence-electron chi connectivity index (χ3n) is 2.43. The zero-order valence-corrected chi connectivity index (χ0v) is 10.2. The number of hydrogen-bond acceptors (Lipinski definition) is 4. The first-order valence-electron chi connectivity index (χ1n) is 4.94. The molecule has 0 aliphatic carbocycles. The van der Waals surface area contributed by atoms with Crippen LogP contribution >= 0.6 is 12.6 Å². The Kier molecular flexibility index (Phi) is 4.39. The van der Waals surface area contributed by atoms with Gasteiger partial charge in [-0.1, -0.05) is 13.0 Å². The summed E-state index contributed by atoms with van der Waals surface area (Å²) in [4.78, 5) is 11.9. The van der Waals surface area contributed by atoms with Gasteiger partial charge in [0.15, 0.2) is 0 Å². The van der Waals surface area contributed by atoms with Gasteiger partial charge in [0.2, 0.25) is 0 Å². The van der Waals surface area contributed by atoms with Crippen LogP contribution in [0.2, 0.25) is 0 Å². The molecule has 1 aromatic rings. The lowest BCUT2D eigenvalue weighted by Crippen LogP contribution is -2.09. The van der Waals surface area contributed by atoms with Gasteiger partial charge >= 0.3 is 5.97 Å². The van der Waals surface area contributed by atoms with Crippen LogP contribution in [0.4, 0.5) is 0 Å². The number of ether oxygens (including phenoxy) is 1. The topological polar surface area (TPSA) is 50.1 Å². The van der Waals surface area contributed by atoms with Gasteiger partial charge < -0.3 is 4.74 Å². The highest BCUT2D eigenvalue weighted by atomic mass is 32.1. The summed E-state index contributed by atoms with van der Waals surface area (Å²) in [6, 6.07) is 5.75. The molecule has 0 aliphatic rings. The third-order valence-corrected chi connectivity index (χ3v) is 2.80. The van der Waals surface area contributed by atoms with Crippen LogP contribution in [0.5, 0.6) is 0 Å². The van der Waals surface area contributed by atoms with Gasteiger partial charge in [-0.25, -0.2) is 0 Å². The minimum atomic E-state index is -0.342. The summed E-state index contributed by atoms with van der Waals surface area (Å²) < 4.78 is 4.62. The third kappa shape index (κ3) is 2.56. The van der Waals surface area contributed by atoms with Crippen LogP contribution in [-0.2, 0) is 22.4 Å². The van der Waals surface area contributed by atoms with Crippen molar-refractivity contribution >= 4 is 18.6 Å². The van der Waals surface area contributed by atoms with Crippen LogP contribution < -0.4 is 0 Å². The van der Waals surface area contributed by atoms with Crippen molar-refractivity contribution in [2.75, 3.05) is 7.11 Å². The van der Waals surface area contributed by atoms with Crippen molar-refractivity contribution in [3.8, 4) is 6.07 Å². The van der Waals surface area contributed by atoms with E-state index in [0.717, 1.165) is 17.5 Å². The van der Waals surface area contributed by atoms with E-state index >= 15 is 0 Å². The highest BCUT2D eigenvalue weighted by Crippen LogP contribution is 2.23. The molecule has 1 rings (SSSR count). The zero-order chi connectivity index (χ0) is 12.1. The van der Waals surface area contributed by atoms with E-state index in [1.54, 1.807) is 6.07 Å². The molecule has 0 N–H and O–H groups in total. The number of carbonyl (C=O) groups excluding carboxylic acids is 1. The molecule has 0 spiro atoms. The Labute approximate surface area is 100 Å². The summed E-state index contributed by atoms with van der Waals surface area (Å²) >= 11 is 4.21. The number of rotatable bonds is 3. The molecule has 0 saturated carbocycles. The monoisotopic (exact) mass is 235 g/mol. The van der Waals surface area contributed by atoms with Crippen molar-refractivity contribution in [2.45, 2.75) is 24.7 Å². The first-order valence-corrected chi connectivity index (χ1v) is 5.39. The molecule has 0 heterocycles. The lowest BCUT2D eigenvalue weighted by atomic mass is 9.97. The Morgan fingerprint density at radius 3 is 2.75 bits per heavy atom. The van der Waals surface area contributed by atoms with Crippen LogP contribution in [-0.4, -0.2) is 13.1 Å². The second-order valence-corrected chi connectivity index (χ2v) is 3.80. The van der Waals surface area contributed by atoms with Crippen molar-refractivity contribution in [3.05, 3.63) is 28.8 Å². The van der Waals surface area contributed by atoms with Crippen molar-refractivity contribution < 1.29 is 9.53 Å². The fraction of sp³-hybridized carbons (Fsp3) is 0.333. The largest absolute Gasteiger partial charge is 0.469 e. The van der Waals surface area contributed by atoms with Gasteiger partial charge in [0, 0.05) is 4.90 Å². The minimum Gasteiger partial charge on any atom is -0.469 e. The Bertz CT molecular complexity index is 449. The molecule has 4 heteroatoms. The standard InChI is InChI=1S/C12H13NO2S/c1-3-8-4-5-11(16)10(7-13)9(8)6-12(14)15-2/h4-5,16H,3,6H2,1-2H3. The van der Waals surface area contributed by atoms with Crippen molar-refractivity contribution in [1.29, 1.82) is 5.26 Å². The van der Waals surface area contributed by atoms with Gasteiger partial charge in [0.05, 0.1) is 19.1 Å². The predicted molar refractivity (Wildman–Crippen MR) is 63.5 cm³/mol. The fourth-order valence-corrected chi connectivity index (χ4v) is 1.81. The number of nitrogens with zero attached hydrogens (tertiary/aromatic N) is 1. The van der Waals surface area contributed by atoms with Crippen molar-refractivity contribution in [3.63, 3.8) is 0 Å². The number of thiol groups is 1. The smallest absolute Gasteiger partial charge is 0.310 e. The molecule has 0 radical (unpaired) electrons. The average molecular weight is 235 g/mol. The molecule has 0 unspecified atom stereocenters. The van der Waals surface area contributed by atoms with E-state index in [0.29, 0.717) is 10.5 Å².